The van der Waals surface area contributed by atoms with Crippen molar-refractivity contribution >= 4 is 60.0 Å². The summed E-state index contributed by atoms with van der Waals surface area (Å²) < 4.78 is 50.1. The lowest BCUT2D eigenvalue weighted by molar-refractivity contribution is -0.149. The summed E-state index contributed by atoms with van der Waals surface area (Å²) in [5, 5.41) is 0. The van der Waals surface area contributed by atoms with E-state index < -0.39 is 33.8 Å². The highest BCUT2D eigenvalue weighted by atomic mass is 127. The topological polar surface area (TPSA) is 114 Å². The molecule has 2 aliphatic rings. The van der Waals surface area contributed by atoms with Crippen LogP contribution in [0.4, 0.5) is 14.9 Å². The van der Waals surface area contributed by atoms with E-state index in [-0.39, 0.29) is 45.7 Å². The Labute approximate surface area is 292 Å². The number of anilines is 1. The molecule has 1 amide bonds. The number of esters is 1. The van der Waals surface area contributed by atoms with E-state index in [1.807, 2.05) is 58.0 Å². The number of amides is 1. The van der Waals surface area contributed by atoms with E-state index in [1.54, 1.807) is 40.5 Å². The number of rotatable bonds is 13. The number of nitrogens with zero attached hydrogens (tertiary/aromatic N) is 3. The van der Waals surface area contributed by atoms with Crippen LogP contribution in [-0.2, 0) is 28.9 Å². The second-order valence-corrected chi connectivity index (χ2v) is 16.3. The van der Waals surface area contributed by atoms with E-state index in [1.165, 1.54) is 12.1 Å². The zero-order chi connectivity index (χ0) is 34.9. The van der Waals surface area contributed by atoms with Gasteiger partial charge >= 0.3 is 12.1 Å². The molecule has 2 aliphatic heterocycles. The van der Waals surface area contributed by atoms with Crippen LogP contribution in [0.15, 0.2) is 35.9 Å². The van der Waals surface area contributed by atoms with E-state index in [0.717, 1.165) is 19.5 Å². The fourth-order valence-corrected chi connectivity index (χ4v) is 7.54. The Balaban J connectivity index is 1.85. The van der Waals surface area contributed by atoms with Gasteiger partial charge in [0.25, 0.3) is 0 Å². The van der Waals surface area contributed by atoms with Gasteiger partial charge in [-0.1, -0.05) is 32.9 Å². The highest BCUT2D eigenvalue weighted by Gasteiger charge is 2.29. The molecule has 13 heteroatoms. The number of carbonyl (C=O) groups excluding carboxylic acids is 3. The van der Waals surface area contributed by atoms with Crippen LogP contribution in [0.1, 0.15) is 58.9 Å². The van der Waals surface area contributed by atoms with Crippen LogP contribution in [0, 0.1) is 17.7 Å². The van der Waals surface area contributed by atoms with E-state index in [0.29, 0.717) is 42.8 Å². The van der Waals surface area contributed by atoms with Crippen LogP contribution in [0.25, 0.3) is 6.08 Å². The van der Waals surface area contributed by atoms with Gasteiger partial charge in [-0.2, -0.15) is 0 Å². The lowest BCUT2D eigenvalue weighted by Crippen LogP contribution is -2.48. The average molecular weight is 790 g/mol. The fraction of sp³-hybridized carbons (Fsp3) is 0.618. The molecule has 10 nitrogen and oxygen atoms in total. The monoisotopic (exact) mass is 789 g/mol. The van der Waals surface area contributed by atoms with Crippen molar-refractivity contribution in [3.8, 4) is 0 Å². The van der Waals surface area contributed by atoms with Crippen LogP contribution >= 0.6 is 22.6 Å². The minimum Gasteiger partial charge on any atom is -0.457 e. The summed E-state index contributed by atoms with van der Waals surface area (Å²) in [5.74, 6) is -1.26. The SMILES string of the molecule is CC[C@H](C)[C@H](/C=C/[C@H](C)[C@H](OC(=O)CC(=O)I)/C(C)=C/c1cc(F)cc(N(C)C2CCS(=O)(=O)CC2)c1)OC(=O)N1CCN(C)CC1. The smallest absolute Gasteiger partial charge is 0.410 e. The number of halogens is 2. The largest absolute Gasteiger partial charge is 0.457 e. The molecule has 0 unspecified atom stereocenters. The van der Waals surface area contributed by atoms with E-state index in [2.05, 4.69) is 4.90 Å². The number of likely N-dealkylation sites (N-methyl/N-ethyl adjacent to an activating group) is 1. The molecular formula is C34H49FIN3O7S. The predicted molar refractivity (Wildman–Crippen MR) is 191 cm³/mol. The molecule has 0 aliphatic carbocycles. The van der Waals surface area contributed by atoms with Crippen LogP contribution in [0.5, 0.6) is 0 Å². The first-order chi connectivity index (χ1) is 22.1. The molecular weight excluding hydrogens is 740 g/mol. The van der Waals surface area contributed by atoms with Gasteiger partial charge in [-0.05, 0) is 74.6 Å². The van der Waals surface area contributed by atoms with Crippen molar-refractivity contribution in [2.75, 3.05) is 56.7 Å². The number of carbonyl (C=O) groups is 3. The van der Waals surface area contributed by atoms with Gasteiger partial charge in [-0.25, -0.2) is 17.6 Å². The molecule has 2 heterocycles. The molecule has 0 spiro atoms. The molecule has 4 atom stereocenters. The van der Waals surface area contributed by atoms with Crippen LogP contribution < -0.4 is 4.90 Å². The maximum absolute atomic E-state index is 14.9. The Morgan fingerprint density at radius 3 is 2.30 bits per heavy atom. The summed E-state index contributed by atoms with van der Waals surface area (Å²) in [6.45, 7) is 10.4. The number of ether oxygens (including phenoxy) is 2. The molecule has 2 saturated heterocycles. The maximum atomic E-state index is 14.9. The summed E-state index contributed by atoms with van der Waals surface area (Å²) >= 11 is 1.56. The fourth-order valence-electron chi connectivity index (χ4n) is 5.76. The number of piperazine rings is 1. The Hall–Kier alpha value is -2.52. The van der Waals surface area contributed by atoms with Crippen molar-refractivity contribution in [2.24, 2.45) is 11.8 Å². The van der Waals surface area contributed by atoms with Gasteiger partial charge in [-0.15, -0.1) is 0 Å². The van der Waals surface area contributed by atoms with Crippen molar-refractivity contribution in [1.82, 2.24) is 9.80 Å². The standard InChI is InChI=1S/C34H49FIN3O7S/c1-7-23(2)30(45-34(42)39-14-12-37(5)13-15-39)9-8-24(3)33(46-32(41)22-31(36)40)25(4)18-26-19-27(35)21-29(20-26)38(6)28-10-16-47(43,44)17-11-28/h8-9,18-21,23-24,28,30,33H,7,10-17,22H2,1-6H3/b9-8+,25-18+/t23-,24-,30-,33-/m0/s1. The van der Waals surface area contributed by atoms with Gasteiger partial charge in [0.2, 0.25) is 3.79 Å². The predicted octanol–water partition coefficient (Wildman–Crippen LogP) is 5.50. The van der Waals surface area contributed by atoms with Crippen molar-refractivity contribution in [3.05, 3.63) is 47.3 Å². The normalized spacial score (nSPS) is 20.3. The molecule has 262 valence electrons. The van der Waals surface area contributed by atoms with Crippen molar-refractivity contribution in [1.29, 1.82) is 0 Å². The molecule has 47 heavy (non-hydrogen) atoms. The minimum absolute atomic E-state index is 0.0354. The average Bonchev–Trinajstić information content (AvgIpc) is 3.00. The van der Waals surface area contributed by atoms with E-state index in [9.17, 15) is 27.2 Å². The van der Waals surface area contributed by atoms with Gasteiger partial charge in [0.05, 0.1) is 11.5 Å². The van der Waals surface area contributed by atoms with Crippen LogP contribution in [-0.4, -0.2) is 104 Å². The molecule has 0 N–H and O–H groups in total. The van der Waals surface area contributed by atoms with E-state index in [4.69, 9.17) is 9.47 Å². The highest BCUT2D eigenvalue weighted by molar-refractivity contribution is 14.1. The van der Waals surface area contributed by atoms with Gasteiger partial charge in [-0.3, -0.25) is 9.59 Å². The van der Waals surface area contributed by atoms with Gasteiger partial charge < -0.3 is 24.2 Å². The second kappa shape index (κ2) is 17.8. The highest BCUT2D eigenvalue weighted by Crippen LogP contribution is 2.28. The third kappa shape index (κ3) is 12.1. The number of sulfone groups is 1. The Bertz CT molecular complexity index is 1410. The van der Waals surface area contributed by atoms with E-state index >= 15 is 0 Å². The quantitative estimate of drug-likeness (QED) is 0.0842. The zero-order valence-corrected chi connectivity index (χ0v) is 31.3. The number of hydrogen-bond donors (Lipinski definition) is 0. The first-order valence-corrected chi connectivity index (χ1v) is 19.1. The first kappa shape index (κ1) is 38.9. The number of benzene rings is 1. The zero-order valence-electron chi connectivity index (χ0n) is 28.3. The van der Waals surface area contributed by atoms with Crippen LogP contribution in [0.3, 0.4) is 0 Å². The Morgan fingerprint density at radius 2 is 1.70 bits per heavy atom. The molecule has 0 aromatic heterocycles. The van der Waals surface area contributed by atoms with Gasteiger partial charge in [0.1, 0.15) is 34.3 Å². The second-order valence-electron chi connectivity index (χ2n) is 12.8. The molecule has 0 bridgehead atoms. The lowest BCUT2D eigenvalue weighted by Gasteiger charge is -2.33. The maximum Gasteiger partial charge on any atom is 0.410 e. The molecule has 2 fully saturated rings. The lowest BCUT2D eigenvalue weighted by atomic mass is 9.93. The first-order valence-electron chi connectivity index (χ1n) is 16.2. The summed E-state index contributed by atoms with van der Waals surface area (Å²) in [7, 11) is 0.815. The summed E-state index contributed by atoms with van der Waals surface area (Å²) in [6.07, 6.45) is 5.14. The summed E-state index contributed by atoms with van der Waals surface area (Å²) in [6, 6.07) is 4.59. The molecule has 0 saturated carbocycles. The minimum atomic E-state index is -3.04. The van der Waals surface area contributed by atoms with Crippen molar-refractivity contribution < 1.29 is 36.7 Å². The Kier molecular flexibility index (Phi) is 14.7. The van der Waals surface area contributed by atoms with Crippen LogP contribution in [0.2, 0.25) is 0 Å². The molecule has 3 rings (SSSR count). The third-order valence-electron chi connectivity index (χ3n) is 9.05. The van der Waals surface area contributed by atoms with Gasteiger partial charge in [0.15, 0.2) is 0 Å². The molecule has 1 aromatic carbocycles. The summed E-state index contributed by atoms with van der Waals surface area (Å²) in [4.78, 5) is 43.1. The Morgan fingerprint density at radius 1 is 1.06 bits per heavy atom. The van der Waals surface area contributed by atoms with Gasteiger partial charge in [0, 0.05) is 73.5 Å². The molecule has 1 aromatic rings. The van der Waals surface area contributed by atoms with Crippen molar-refractivity contribution in [2.45, 2.75) is 71.6 Å². The number of hydrogen-bond acceptors (Lipinski definition) is 9. The van der Waals surface area contributed by atoms with Crippen molar-refractivity contribution in [3.63, 3.8) is 0 Å². The summed E-state index contributed by atoms with van der Waals surface area (Å²) in [5.41, 5.74) is 1.80. The molecule has 0 radical (unpaired) electrons. The third-order valence-corrected chi connectivity index (χ3v) is 11.2.